The van der Waals surface area contributed by atoms with Gasteiger partial charge in [0.1, 0.15) is 5.75 Å². The maximum absolute atomic E-state index is 5.66. The number of aryl methyl sites for hydroxylation is 1. The summed E-state index contributed by atoms with van der Waals surface area (Å²) in [6.07, 6.45) is 0. The van der Waals surface area contributed by atoms with Crippen LogP contribution in [-0.4, -0.2) is 7.11 Å². The molecule has 0 bridgehead atoms. The molecule has 2 N–H and O–H groups in total. The summed E-state index contributed by atoms with van der Waals surface area (Å²) in [5.74, 6) is 0.890. The molecule has 0 heterocycles. The number of nitrogens with two attached hydrogens (primary N) is 1. The van der Waals surface area contributed by atoms with Crippen LogP contribution in [0.3, 0.4) is 0 Å². The molecular formula is C15H17NO. The first-order valence-corrected chi connectivity index (χ1v) is 5.68. The van der Waals surface area contributed by atoms with Gasteiger partial charge in [-0.25, -0.2) is 0 Å². The van der Waals surface area contributed by atoms with Crippen LogP contribution in [0.5, 0.6) is 5.75 Å². The molecule has 0 aliphatic carbocycles. The van der Waals surface area contributed by atoms with Crippen LogP contribution < -0.4 is 10.5 Å². The highest BCUT2D eigenvalue weighted by atomic mass is 16.5. The lowest BCUT2D eigenvalue weighted by Gasteiger charge is -2.09. The van der Waals surface area contributed by atoms with Crippen LogP contribution in [-0.2, 0) is 6.54 Å². The first-order chi connectivity index (χ1) is 8.24. The van der Waals surface area contributed by atoms with Gasteiger partial charge in [0.15, 0.2) is 0 Å². The van der Waals surface area contributed by atoms with E-state index >= 15 is 0 Å². The van der Waals surface area contributed by atoms with Crippen LogP contribution in [0.4, 0.5) is 0 Å². The number of rotatable bonds is 3. The Morgan fingerprint density at radius 3 is 2.59 bits per heavy atom. The minimum atomic E-state index is 0.572. The van der Waals surface area contributed by atoms with Crippen molar-refractivity contribution in [3.05, 3.63) is 53.6 Å². The molecule has 2 aromatic rings. The Bertz CT molecular complexity index is 520. The second-order valence-electron chi connectivity index (χ2n) is 4.09. The molecule has 2 nitrogen and oxygen atoms in total. The van der Waals surface area contributed by atoms with Gasteiger partial charge in [-0.2, -0.15) is 0 Å². The van der Waals surface area contributed by atoms with Crippen molar-refractivity contribution >= 4 is 0 Å². The standard InChI is InChI=1S/C15H17NO/c1-11-8-14(17-2)6-7-15(11)13-5-3-4-12(9-13)10-16/h3-9H,10,16H2,1-2H3. The van der Waals surface area contributed by atoms with Gasteiger partial charge in [0, 0.05) is 6.54 Å². The van der Waals surface area contributed by atoms with E-state index in [9.17, 15) is 0 Å². The molecule has 0 aliphatic rings. The first-order valence-electron chi connectivity index (χ1n) is 5.68. The highest BCUT2D eigenvalue weighted by Crippen LogP contribution is 2.27. The van der Waals surface area contributed by atoms with E-state index in [-0.39, 0.29) is 0 Å². The predicted molar refractivity (Wildman–Crippen MR) is 71.1 cm³/mol. The highest BCUT2D eigenvalue weighted by molar-refractivity contribution is 5.68. The van der Waals surface area contributed by atoms with Crippen LogP contribution in [0.1, 0.15) is 11.1 Å². The van der Waals surface area contributed by atoms with Crippen molar-refractivity contribution in [1.82, 2.24) is 0 Å². The first kappa shape index (κ1) is 11.7. The van der Waals surface area contributed by atoms with E-state index in [4.69, 9.17) is 10.5 Å². The maximum atomic E-state index is 5.66. The zero-order chi connectivity index (χ0) is 12.3. The van der Waals surface area contributed by atoms with Gasteiger partial charge in [-0.3, -0.25) is 0 Å². The molecule has 0 atom stereocenters. The van der Waals surface area contributed by atoms with E-state index in [0.29, 0.717) is 6.54 Å². The van der Waals surface area contributed by atoms with E-state index in [1.165, 1.54) is 16.7 Å². The molecule has 17 heavy (non-hydrogen) atoms. The molecule has 2 heteroatoms. The number of hydrogen-bond donors (Lipinski definition) is 1. The number of hydrogen-bond acceptors (Lipinski definition) is 2. The summed E-state index contributed by atoms with van der Waals surface area (Å²) >= 11 is 0. The Labute approximate surface area is 102 Å². The summed E-state index contributed by atoms with van der Waals surface area (Å²) in [5, 5.41) is 0. The summed E-state index contributed by atoms with van der Waals surface area (Å²) in [6, 6.07) is 14.4. The SMILES string of the molecule is COc1ccc(-c2cccc(CN)c2)c(C)c1. The lowest BCUT2D eigenvalue weighted by Crippen LogP contribution is -1.96. The van der Waals surface area contributed by atoms with E-state index in [1.54, 1.807) is 7.11 Å². The molecule has 0 spiro atoms. The van der Waals surface area contributed by atoms with E-state index in [0.717, 1.165) is 11.3 Å². The topological polar surface area (TPSA) is 35.2 Å². The molecule has 0 aromatic heterocycles. The molecule has 0 amide bonds. The van der Waals surface area contributed by atoms with Crippen molar-refractivity contribution in [2.24, 2.45) is 5.73 Å². The quantitative estimate of drug-likeness (QED) is 0.874. The molecule has 2 rings (SSSR count). The molecule has 2 aromatic carbocycles. The fourth-order valence-corrected chi connectivity index (χ4v) is 1.95. The number of benzene rings is 2. The van der Waals surface area contributed by atoms with E-state index in [1.807, 2.05) is 24.3 Å². The Hall–Kier alpha value is -1.80. The fraction of sp³-hybridized carbons (Fsp3) is 0.200. The van der Waals surface area contributed by atoms with Gasteiger partial charge in [-0.15, -0.1) is 0 Å². The summed E-state index contributed by atoms with van der Waals surface area (Å²) in [5.41, 5.74) is 10.4. The van der Waals surface area contributed by atoms with Gasteiger partial charge in [0.05, 0.1) is 7.11 Å². The molecule has 0 fully saturated rings. The third kappa shape index (κ3) is 2.48. The predicted octanol–water partition coefficient (Wildman–Crippen LogP) is 3.13. The summed E-state index contributed by atoms with van der Waals surface area (Å²) < 4.78 is 5.21. The lowest BCUT2D eigenvalue weighted by molar-refractivity contribution is 0.414. The third-order valence-corrected chi connectivity index (χ3v) is 2.91. The summed E-state index contributed by atoms with van der Waals surface area (Å²) in [4.78, 5) is 0. The van der Waals surface area contributed by atoms with Crippen LogP contribution in [0, 0.1) is 6.92 Å². The molecule has 0 radical (unpaired) electrons. The van der Waals surface area contributed by atoms with Crippen molar-refractivity contribution in [2.45, 2.75) is 13.5 Å². The van der Waals surface area contributed by atoms with Gasteiger partial charge in [-0.1, -0.05) is 24.3 Å². The van der Waals surface area contributed by atoms with Crippen molar-refractivity contribution in [3.8, 4) is 16.9 Å². The average Bonchev–Trinajstić information content (AvgIpc) is 2.38. The van der Waals surface area contributed by atoms with Gasteiger partial charge >= 0.3 is 0 Å². The average molecular weight is 227 g/mol. The molecule has 0 saturated heterocycles. The van der Waals surface area contributed by atoms with Crippen LogP contribution in [0.15, 0.2) is 42.5 Å². The van der Waals surface area contributed by atoms with Gasteiger partial charge in [0.25, 0.3) is 0 Å². The summed E-state index contributed by atoms with van der Waals surface area (Å²) in [7, 11) is 1.68. The normalized spacial score (nSPS) is 10.3. The highest BCUT2D eigenvalue weighted by Gasteiger charge is 2.03. The van der Waals surface area contributed by atoms with E-state index in [2.05, 4.69) is 25.1 Å². The number of methoxy groups -OCH3 is 1. The third-order valence-electron chi connectivity index (χ3n) is 2.91. The molecule has 0 saturated carbocycles. The second-order valence-corrected chi connectivity index (χ2v) is 4.09. The maximum Gasteiger partial charge on any atom is 0.119 e. The summed E-state index contributed by atoms with van der Waals surface area (Å²) in [6.45, 7) is 2.66. The zero-order valence-electron chi connectivity index (χ0n) is 10.2. The smallest absolute Gasteiger partial charge is 0.119 e. The van der Waals surface area contributed by atoms with Crippen molar-refractivity contribution in [1.29, 1.82) is 0 Å². The van der Waals surface area contributed by atoms with Crippen LogP contribution in [0.25, 0.3) is 11.1 Å². The van der Waals surface area contributed by atoms with Gasteiger partial charge < -0.3 is 10.5 Å². The molecule has 88 valence electrons. The van der Waals surface area contributed by atoms with Crippen molar-refractivity contribution < 1.29 is 4.74 Å². The minimum Gasteiger partial charge on any atom is -0.497 e. The Kier molecular flexibility index (Phi) is 3.45. The lowest BCUT2D eigenvalue weighted by atomic mass is 9.99. The molecule has 0 aliphatic heterocycles. The van der Waals surface area contributed by atoms with Gasteiger partial charge in [-0.05, 0) is 47.4 Å². The molecule has 0 unspecified atom stereocenters. The Balaban J connectivity index is 2.45. The van der Waals surface area contributed by atoms with Gasteiger partial charge in [0.2, 0.25) is 0 Å². The van der Waals surface area contributed by atoms with Crippen LogP contribution in [0.2, 0.25) is 0 Å². The monoisotopic (exact) mass is 227 g/mol. The van der Waals surface area contributed by atoms with Crippen molar-refractivity contribution in [3.63, 3.8) is 0 Å². The fourth-order valence-electron chi connectivity index (χ4n) is 1.95. The second kappa shape index (κ2) is 5.02. The Morgan fingerprint density at radius 2 is 1.94 bits per heavy atom. The number of ether oxygens (including phenoxy) is 1. The largest absolute Gasteiger partial charge is 0.497 e. The molecular weight excluding hydrogens is 210 g/mol. The minimum absolute atomic E-state index is 0.572. The van der Waals surface area contributed by atoms with E-state index < -0.39 is 0 Å². The van der Waals surface area contributed by atoms with Crippen LogP contribution >= 0.6 is 0 Å². The van der Waals surface area contributed by atoms with Crippen molar-refractivity contribution in [2.75, 3.05) is 7.11 Å². The zero-order valence-corrected chi connectivity index (χ0v) is 10.2. The Morgan fingerprint density at radius 1 is 1.12 bits per heavy atom.